The molecule has 2 rings (SSSR count). The minimum Gasteiger partial charge on any atom is -0.373 e. The van der Waals surface area contributed by atoms with Crippen molar-refractivity contribution in [3.05, 3.63) is 40.1 Å². The van der Waals surface area contributed by atoms with Crippen LogP contribution in [-0.2, 0) is 6.42 Å². The summed E-state index contributed by atoms with van der Waals surface area (Å²) in [6.07, 6.45) is 0.807. The van der Waals surface area contributed by atoms with Gasteiger partial charge in [0.2, 0.25) is 0 Å². The van der Waals surface area contributed by atoms with E-state index in [9.17, 15) is 0 Å². The SMILES string of the molecule is CCc1nc(NC)cc(Nc2ccc(C)c(Br)c2)n1. The molecule has 0 unspecified atom stereocenters. The van der Waals surface area contributed by atoms with E-state index in [1.54, 1.807) is 0 Å². The molecule has 2 N–H and O–H groups in total. The average Bonchev–Trinajstić information content (AvgIpc) is 2.42. The lowest BCUT2D eigenvalue weighted by atomic mass is 10.2. The summed E-state index contributed by atoms with van der Waals surface area (Å²) in [4.78, 5) is 8.84. The van der Waals surface area contributed by atoms with E-state index in [2.05, 4.69) is 49.5 Å². The number of halogens is 1. The Balaban J connectivity index is 2.29. The van der Waals surface area contributed by atoms with E-state index in [1.165, 1.54) is 5.56 Å². The highest BCUT2D eigenvalue weighted by Gasteiger charge is 2.04. The molecule has 1 aromatic carbocycles. The maximum absolute atomic E-state index is 4.47. The predicted molar refractivity (Wildman–Crippen MR) is 83.1 cm³/mol. The summed E-state index contributed by atoms with van der Waals surface area (Å²) >= 11 is 3.53. The Morgan fingerprint density at radius 2 is 1.89 bits per heavy atom. The third kappa shape index (κ3) is 3.44. The largest absolute Gasteiger partial charge is 0.373 e. The topological polar surface area (TPSA) is 49.8 Å². The second-order valence-corrected chi connectivity index (χ2v) is 5.10. The summed E-state index contributed by atoms with van der Waals surface area (Å²) in [5, 5.41) is 6.35. The van der Waals surface area contributed by atoms with Gasteiger partial charge in [-0.25, -0.2) is 9.97 Å². The maximum Gasteiger partial charge on any atom is 0.136 e. The van der Waals surface area contributed by atoms with Crippen LogP contribution in [-0.4, -0.2) is 17.0 Å². The number of anilines is 3. The van der Waals surface area contributed by atoms with Crippen LogP contribution in [0.4, 0.5) is 17.3 Å². The van der Waals surface area contributed by atoms with Gasteiger partial charge in [0.25, 0.3) is 0 Å². The molecule has 1 heterocycles. The van der Waals surface area contributed by atoms with E-state index in [4.69, 9.17) is 0 Å². The van der Waals surface area contributed by atoms with Gasteiger partial charge in [-0.2, -0.15) is 0 Å². The van der Waals surface area contributed by atoms with Crippen LogP contribution < -0.4 is 10.6 Å². The van der Waals surface area contributed by atoms with E-state index in [0.29, 0.717) is 0 Å². The minimum absolute atomic E-state index is 0.798. The maximum atomic E-state index is 4.47. The average molecular weight is 321 g/mol. The van der Waals surface area contributed by atoms with Crippen molar-refractivity contribution in [3.8, 4) is 0 Å². The summed E-state index contributed by atoms with van der Waals surface area (Å²) in [5.74, 6) is 2.44. The van der Waals surface area contributed by atoms with Crippen LogP contribution in [0.5, 0.6) is 0 Å². The lowest BCUT2D eigenvalue weighted by Crippen LogP contribution is -2.03. The second-order valence-electron chi connectivity index (χ2n) is 4.25. The fraction of sp³-hybridized carbons (Fsp3) is 0.286. The fourth-order valence-electron chi connectivity index (χ4n) is 1.67. The molecule has 5 heteroatoms. The zero-order chi connectivity index (χ0) is 13.8. The molecule has 0 atom stereocenters. The predicted octanol–water partition coefficient (Wildman–Crippen LogP) is 3.90. The molecular weight excluding hydrogens is 304 g/mol. The highest BCUT2D eigenvalue weighted by atomic mass is 79.9. The summed E-state index contributed by atoms with van der Waals surface area (Å²) < 4.78 is 1.08. The van der Waals surface area contributed by atoms with E-state index in [0.717, 1.165) is 34.0 Å². The first-order chi connectivity index (χ1) is 9.12. The molecule has 0 fully saturated rings. The van der Waals surface area contributed by atoms with Gasteiger partial charge in [0.1, 0.15) is 17.5 Å². The summed E-state index contributed by atoms with van der Waals surface area (Å²) in [7, 11) is 1.86. The Labute approximate surface area is 121 Å². The van der Waals surface area contributed by atoms with Crippen LogP contribution in [0.3, 0.4) is 0 Å². The van der Waals surface area contributed by atoms with Gasteiger partial charge < -0.3 is 10.6 Å². The molecule has 0 spiro atoms. The van der Waals surface area contributed by atoms with E-state index >= 15 is 0 Å². The van der Waals surface area contributed by atoms with Crippen LogP contribution in [0, 0.1) is 6.92 Å². The lowest BCUT2D eigenvalue weighted by Gasteiger charge is -2.10. The Morgan fingerprint density at radius 1 is 1.16 bits per heavy atom. The number of rotatable bonds is 4. The number of benzene rings is 1. The van der Waals surface area contributed by atoms with Crippen molar-refractivity contribution in [1.29, 1.82) is 0 Å². The van der Waals surface area contributed by atoms with Crippen molar-refractivity contribution in [2.75, 3.05) is 17.7 Å². The highest BCUT2D eigenvalue weighted by Crippen LogP contribution is 2.23. The van der Waals surface area contributed by atoms with E-state index in [1.807, 2.05) is 32.2 Å². The molecule has 100 valence electrons. The highest BCUT2D eigenvalue weighted by molar-refractivity contribution is 9.10. The van der Waals surface area contributed by atoms with Crippen LogP contribution in [0.15, 0.2) is 28.7 Å². The molecule has 0 saturated heterocycles. The van der Waals surface area contributed by atoms with Gasteiger partial charge in [0, 0.05) is 29.7 Å². The van der Waals surface area contributed by atoms with Gasteiger partial charge in [-0.3, -0.25) is 0 Å². The number of hydrogen-bond donors (Lipinski definition) is 2. The van der Waals surface area contributed by atoms with E-state index < -0.39 is 0 Å². The molecule has 19 heavy (non-hydrogen) atoms. The van der Waals surface area contributed by atoms with Gasteiger partial charge in [-0.15, -0.1) is 0 Å². The number of nitrogens with one attached hydrogen (secondary N) is 2. The molecule has 0 aliphatic heterocycles. The smallest absolute Gasteiger partial charge is 0.136 e. The third-order valence-electron chi connectivity index (χ3n) is 2.79. The van der Waals surface area contributed by atoms with Gasteiger partial charge in [0.15, 0.2) is 0 Å². The Hall–Kier alpha value is -1.62. The number of aromatic nitrogens is 2. The first-order valence-electron chi connectivity index (χ1n) is 6.21. The van der Waals surface area contributed by atoms with Crippen molar-refractivity contribution < 1.29 is 0 Å². The number of nitrogens with zero attached hydrogens (tertiary/aromatic N) is 2. The van der Waals surface area contributed by atoms with E-state index in [-0.39, 0.29) is 0 Å². The van der Waals surface area contributed by atoms with Crippen molar-refractivity contribution in [2.24, 2.45) is 0 Å². The molecule has 0 radical (unpaired) electrons. The van der Waals surface area contributed by atoms with Crippen LogP contribution >= 0.6 is 15.9 Å². The third-order valence-corrected chi connectivity index (χ3v) is 3.64. The van der Waals surface area contributed by atoms with Crippen LogP contribution in [0.25, 0.3) is 0 Å². The van der Waals surface area contributed by atoms with Gasteiger partial charge >= 0.3 is 0 Å². The van der Waals surface area contributed by atoms with Crippen LogP contribution in [0.1, 0.15) is 18.3 Å². The number of hydrogen-bond acceptors (Lipinski definition) is 4. The first-order valence-corrected chi connectivity index (χ1v) is 7.00. The summed E-state index contributed by atoms with van der Waals surface area (Å²) in [5.41, 5.74) is 2.21. The molecule has 1 aromatic heterocycles. The first kappa shape index (κ1) is 13.8. The summed E-state index contributed by atoms with van der Waals surface area (Å²) in [6, 6.07) is 8.04. The standard InChI is InChI=1S/C14H17BrN4/c1-4-12-18-13(16-3)8-14(19-12)17-10-6-5-9(2)11(15)7-10/h5-8H,4H2,1-3H3,(H2,16,17,18,19). The zero-order valence-corrected chi connectivity index (χ0v) is 12.9. The lowest BCUT2D eigenvalue weighted by molar-refractivity contribution is 0.944. The van der Waals surface area contributed by atoms with Gasteiger partial charge in [0.05, 0.1) is 0 Å². The Kier molecular flexibility index (Phi) is 4.37. The fourth-order valence-corrected chi connectivity index (χ4v) is 2.04. The Bertz CT molecular complexity index is 561. The molecule has 4 nitrogen and oxygen atoms in total. The van der Waals surface area contributed by atoms with Crippen molar-refractivity contribution in [1.82, 2.24) is 9.97 Å². The van der Waals surface area contributed by atoms with Gasteiger partial charge in [-0.05, 0) is 24.6 Å². The number of aryl methyl sites for hydroxylation is 2. The van der Waals surface area contributed by atoms with Crippen molar-refractivity contribution in [3.63, 3.8) is 0 Å². The molecule has 2 aromatic rings. The second kappa shape index (κ2) is 6.02. The molecule has 0 aliphatic carbocycles. The molecule has 0 aliphatic rings. The molecular formula is C14H17BrN4. The Morgan fingerprint density at radius 3 is 2.53 bits per heavy atom. The molecule has 0 amide bonds. The minimum atomic E-state index is 0.798. The summed E-state index contributed by atoms with van der Waals surface area (Å²) in [6.45, 7) is 4.11. The molecule has 0 bridgehead atoms. The van der Waals surface area contributed by atoms with Crippen LogP contribution in [0.2, 0.25) is 0 Å². The molecule has 0 saturated carbocycles. The van der Waals surface area contributed by atoms with Gasteiger partial charge in [-0.1, -0.05) is 28.9 Å². The quantitative estimate of drug-likeness (QED) is 0.897. The normalized spacial score (nSPS) is 10.3. The zero-order valence-electron chi connectivity index (χ0n) is 11.3. The van der Waals surface area contributed by atoms with Crippen molar-refractivity contribution >= 4 is 33.3 Å². The monoisotopic (exact) mass is 320 g/mol. The van der Waals surface area contributed by atoms with Crippen molar-refractivity contribution in [2.45, 2.75) is 20.3 Å².